The van der Waals surface area contributed by atoms with Crippen molar-refractivity contribution in [1.29, 1.82) is 0 Å². The molecule has 35 heavy (non-hydrogen) atoms. The normalized spacial score (nSPS) is 13.9. The van der Waals surface area contributed by atoms with Crippen molar-refractivity contribution in [3.8, 4) is 0 Å². The molecule has 3 heteroatoms. The molecule has 3 nitrogen and oxygen atoms in total. The van der Waals surface area contributed by atoms with Crippen LogP contribution in [0.25, 0.3) is 0 Å². The van der Waals surface area contributed by atoms with E-state index in [1.54, 1.807) is 0 Å². The highest BCUT2D eigenvalue weighted by atomic mass is 14.9. The molecule has 2 unspecified atom stereocenters. The Labute approximate surface area is 216 Å². The number of hydrogen-bond acceptors (Lipinski definition) is 3. The van der Waals surface area contributed by atoms with Gasteiger partial charge >= 0.3 is 0 Å². The van der Waals surface area contributed by atoms with E-state index in [2.05, 4.69) is 98.8 Å². The van der Waals surface area contributed by atoms with E-state index >= 15 is 0 Å². The van der Waals surface area contributed by atoms with Crippen LogP contribution in [0, 0.1) is 13.8 Å². The molecule has 0 aliphatic carbocycles. The summed E-state index contributed by atoms with van der Waals surface area (Å²) in [7, 11) is 0. The van der Waals surface area contributed by atoms with Crippen molar-refractivity contribution >= 4 is 0 Å². The van der Waals surface area contributed by atoms with Gasteiger partial charge in [0.05, 0.1) is 0 Å². The second-order valence-corrected chi connectivity index (χ2v) is 11.9. The summed E-state index contributed by atoms with van der Waals surface area (Å²) in [5.41, 5.74) is 24.6. The van der Waals surface area contributed by atoms with E-state index < -0.39 is 0 Å². The molecule has 0 saturated heterocycles. The zero-order chi connectivity index (χ0) is 26.4. The van der Waals surface area contributed by atoms with Gasteiger partial charge in [0, 0.05) is 12.1 Å². The number of nitrogens with two attached hydrogens (primary N) is 2. The van der Waals surface area contributed by atoms with Gasteiger partial charge in [-0.05, 0) is 96.8 Å². The maximum absolute atomic E-state index is 6.81. The van der Waals surface area contributed by atoms with Crippen LogP contribution < -0.4 is 16.8 Å². The molecule has 0 heterocycles. The van der Waals surface area contributed by atoms with E-state index in [1.165, 1.54) is 44.5 Å². The summed E-state index contributed by atoms with van der Waals surface area (Å²) in [5.74, 6) is 1.89. The van der Waals surface area contributed by atoms with Crippen LogP contribution in [0.3, 0.4) is 0 Å². The summed E-state index contributed by atoms with van der Waals surface area (Å²) in [6.45, 7) is 24.4. The van der Waals surface area contributed by atoms with Crippen molar-refractivity contribution in [3.63, 3.8) is 0 Å². The van der Waals surface area contributed by atoms with Crippen LogP contribution in [0.4, 0.5) is 0 Å². The average Bonchev–Trinajstić information content (AvgIpc) is 2.76. The molecular weight excluding hydrogens is 426 g/mol. The fourth-order valence-electron chi connectivity index (χ4n) is 5.40. The number of nitrogens with one attached hydrogen (secondary N) is 1. The van der Waals surface area contributed by atoms with E-state index in [9.17, 15) is 0 Å². The number of hydrogen-bond donors (Lipinski definition) is 3. The first-order valence-electron chi connectivity index (χ1n) is 13.9. The second-order valence-electron chi connectivity index (χ2n) is 11.9. The van der Waals surface area contributed by atoms with Crippen molar-refractivity contribution in [1.82, 2.24) is 5.32 Å². The minimum Gasteiger partial charge on any atom is -0.324 e. The second kappa shape index (κ2) is 13.0. The molecule has 2 rings (SSSR count). The third kappa shape index (κ3) is 7.65. The molecule has 2 aromatic rings. The smallest absolute Gasteiger partial charge is 0.0312 e. The van der Waals surface area contributed by atoms with Gasteiger partial charge < -0.3 is 16.8 Å². The van der Waals surface area contributed by atoms with Gasteiger partial charge in [0.25, 0.3) is 0 Å². The molecule has 0 amide bonds. The molecule has 0 saturated carbocycles. The number of benzene rings is 2. The largest absolute Gasteiger partial charge is 0.324 e. The minimum atomic E-state index is 0.0451. The van der Waals surface area contributed by atoms with Crippen molar-refractivity contribution in [2.45, 2.75) is 118 Å². The molecule has 2 aromatic carbocycles. The van der Waals surface area contributed by atoms with Crippen LogP contribution in [0.15, 0.2) is 24.3 Å². The highest BCUT2D eigenvalue weighted by Gasteiger charge is 2.21. The highest BCUT2D eigenvalue weighted by Crippen LogP contribution is 2.35. The monoisotopic (exact) mass is 479 g/mol. The van der Waals surface area contributed by atoms with Crippen LogP contribution in [0.1, 0.15) is 148 Å². The summed E-state index contributed by atoms with van der Waals surface area (Å²) in [6.07, 6.45) is 1.85. The molecule has 0 radical (unpaired) electrons. The Hall–Kier alpha value is -1.68. The lowest BCUT2D eigenvalue weighted by molar-refractivity contribution is 0.531. The van der Waals surface area contributed by atoms with E-state index in [0.717, 1.165) is 25.9 Å². The maximum Gasteiger partial charge on any atom is 0.0312 e. The van der Waals surface area contributed by atoms with Gasteiger partial charge in [-0.2, -0.15) is 0 Å². The zero-order valence-electron chi connectivity index (χ0n) is 24.3. The summed E-state index contributed by atoms with van der Waals surface area (Å²) < 4.78 is 0. The van der Waals surface area contributed by atoms with Crippen LogP contribution >= 0.6 is 0 Å². The van der Waals surface area contributed by atoms with Gasteiger partial charge in [-0.15, -0.1) is 0 Å². The van der Waals surface area contributed by atoms with E-state index in [4.69, 9.17) is 11.5 Å². The van der Waals surface area contributed by atoms with Gasteiger partial charge in [-0.3, -0.25) is 0 Å². The first-order valence-corrected chi connectivity index (χ1v) is 13.9. The molecule has 0 aromatic heterocycles. The molecule has 0 bridgehead atoms. The SMILES string of the molecule is Cc1cc(C(C)C)c(C(N)CCNCCC(N)c2c(C(C)C)cc(C)cc2C(C)C)c(C(C)C)c1. The number of aryl methyl sites for hydroxylation is 2. The van der Waals surface area contributed by atoms with Gasteiger partial charge in [-0.1, -0.05) is 90.8 Å². The summed E-state index contributed by atoms with van der Waals surface area (Å²) in [4.78, 5) is 0. The molecule has 196 valence electrons. The quantitative estimate of drug-likeness (QED) is 0.271. The minimum absolute atomic E-state index is 0.0451. The Kier molecular flexibility index (Phi) is 11.0. The van der Waals surface area contributed by atoms with Gasteiger partial charge in [0.2, 0.25) is 0 Å². The fraction of sp³-hybridized carbons (Fsp3) is 0.625. The third-order valence-electron chi connectivity index (χ3n) is 7.27. The van der Waals surface area contributed by atoms with Gasteiger partial charge in [0.15, 0.2) is 0 Å². The fourth-order valence-corrected chi connectivity index (χ4v) is 5.40. The van der Waals surface area contributed by atoms with E-state index in [0.29, 0.717) is 23.7 Å². The van der Waals surface area contributed by atoms with E-state index in [1.807, 2.05) is 0 Å². The molecule has 0 aliphatic rings. The lowest BCUT2D eigenvalue weighted by atomic mass is 9.83. The third-order valence-corrected chi connectivity index (χ3v) is 7.27. The van der Waals surface area contributed by atoms with E-state index in [-0.39, 0.29) is 12.1 Å². The zero-order valence-corrected chi connectivity index (χ0v) is 24.3. The Morgan fingerprint density at radius 2 is 0.800 bits per heavy atom. The molecule has 0 spiro atoms. The Bertz CT molecular complexity index is 820. The predicted molar refractivity (Wildman–Crippen MR) is 155 cm³/mol. The topological polar surface area (TPSA) is 64.1 Å². The van der Waals surface area contributed by atoms with Gasteiger partial charge in [-0.25, -0.2) is 0 Å². The van der Waals surface area contributed by atoms with Crippen LogP contribution in [-0.4, -0.2) is 13.1 Å². The Morgan fingerprint density at radius 1 is 0.543 bits per heavy atom. The lowest BCUT2D eigenvalue weighted by Gasteiger charge is -2.26. The van der Waals surface area contributed by atoms with Crippen molar-refractivity contribution in [2.75, 3.05) is 13.1 Å². The Morgan fingerprint density at radius 3 is 1.03 bits per heavy atom. The molecular formula is C32H53N3. The standard InChI is InChI=1S/C32H53N3/c1-19(2)25-15-23(9)16-26(20(3)4)31(25)29(33)11-13-35-14-12-30(34)32-27(21(5)6)17-24(10)18-28(32)22(7)8/h15-22,29-30,35H,11-14,33-34H2,1-10H3. The van der Waals surface area contributed by atoms with Crippen molar-refractivity contribution < 1.29 is 0 Å². The summed E-state index contributed by atoms with van der Waals surface area (Å²) in [6, 6.07) is 9.42. The maximum atomic E-state index is 6.81. The van der Waals surface area contributed by atoms with Crippen LogP contribution in [-0.2, 0) is 0 Å². The van der Waals surface area contributed by atoms with Crippen molar-refractivity contribution in [3.05, 3.63) is 68.8 Å². The van der Waals surface area contributed by atoms with Crippen LogP contribution in [0.2, 0.25) is 0 Å². The number of rotatable bonds is 12. The predicted octanol–water partition coefficient (Wildman–Crippen LogP) is 7.87. The average molecular weight is 480 g/mol. The lowest BCUT2D eigenvalue weighted by Crippen LogP contribution is -2.27. The Balaban J connectivity index is 2.06. The van der Waals surface area contributed by atoms with Crippen LogP contribution in [0.5, 0.6) is 0 Å². The van der Waals surface area contributed by atoms with Gasteiger partial charge in [0.1, 0.15) is 0 Å². The first-order chi connectivity index (χ1) is 16.3. The molecule has 5 N–H and O–H groups in total. The molecule has 2 atom stereocenters. The molecule has 0 aliphatic heterocycles. The summed E-state index contributed by atoms with van der Waals surface area (Å²) >= 11 is 0. The molecule has 0 fully saturated rings. The first kappa shape index (κ1) is 29.5. The summed E-state index contributed by atoms with van der Waals surface area (Å²) in [5, 5.41) is 3.64. The highest BCUT2D eigenvalue weighted by molar-refractivity contribution is 5.45. The van der Waals surface area contributed by atoms with Crippen molar-refractivity contribution in [2.24, 2.45) is 11.5 Å².